The highest BCUT2D eigenvalue weighted by atomic mass is 16.5. The number of nitriles is 1. The summed E-state index contributed by atoms with van der Waals surface area (Å²) in [5.41, 5.74) is 2.69. The molecule has 2 heterocycles. The number of ketones is 1. The molecule has 1 N–H and O–H groups in total. The predicted molar refractivity (Wildman–Crippen MR) is 136 cm³/mol. The van der Waals surface area contributed by atoms with Crippen LogP contribution in [0.2, 0.25) is 0 Å². The summed E-state index contributed by atoms with van der Waals surface area (Å²) < 4.78 is 16.7. The van der Waals surface area contributed by atoms with Gasteiger partial charge >= 0.3 is 0 Å². The molecule has 3 aromatic carbocycles. The number of fused-ring (bicyclic) bond motifs is 1. The minimum absolute atomic E-state index is 0.0409. The van der Waals surface area contributed by atoms with Crippen molar-refractivity contribution in [2.24, 2.45) is 0 Å². The van der Waals surface area contributed by atoms with E-state index in [2.05, 4.69) is 6.07 Å². The molecule has 0 spiro atoms. The van der Waals surface area contributed by atoms with E-state index in [-0.39, 0.29) is 11.3 Å². The fourth-order valence-electron chi connectivity index (χ4n) is 4.73. The second kappa shape index (κ2) is 9.70. The molecular formula is C29H24N2O6. The zero-order chi connectivity index (χ0) is 26.1. The van der Waals surface area contributed by atoms with Crippen LogP contribution in [-0.4, -0.2) is 37.1 Å². The molecule has 0 aromatic heterocycles. The van der Waals surface area contributed by atoms with E-state index in [0.29, 0.717) is 53.5 Å². The summed E-state index contributed by atoms with van der Waals surface area (Å²) in [7, 11) is 1.53. The average Bonchev–Trinajstić information content (AvgIpc) is 3.50. The zero-order valence-electron chi connectivity index (χ0n) is 20.4. The second-order valence-corrected chi connectivity index (χ2v) is 8.59. The summed E-state index contributed by atoms with van der Waals surface area (Å²) in [4.78, 5) is 28.2. The van der Waals surface area contributed by atoms with E-state index in [1.807, 2.05) is 6.92 Å². The molecule has 1 unspecified atom stereocenters. The molecule has 0 aliphatic carbocycles. The maximum atomic E-state index is 13.4. The van der Waals surface area contributed by atoms with Gasteiger partial charge in [0.05, 0.1) is 43.6 Å². The average molecular weight is 497 g/mol. The number of benzene rings is 3. The van der Waals surface area contributed by atoms with Crippen molar-refractivity contribution in [1.29, 1.82) is 5.26 Å². The first-order valence-electron chi connectivity index (χ1n) is 11.8. The molecule has 186 valence electrons. The van der Waals surface area contributed by atoms with Crippen molar-refractivity contribution in [3.05, 3.63) is 88.5 Å². The van der Waals surface area contributed by atoms with Crippen LogP contribution in [0.5, 0.6) is 17.2 Å². The monoisotopic (exact) mass is 496 g/mol. The molecule has 2 aliphatic heterocycles. The standard InChI is InChI=1S/C29H24N2O6/c1-3-36-24-15-19(6-11-23(24)35-2)26-25(27(32)20-7-10-22-18(14-20)12-13-37-22)28(33)29(34)31(26)21-8-4-17(16-30)5-9-21/h4-11,14-15,26,32H,3,12-13H2,1-2H3/b27-25+. The van der Waals surface area contributed by atoms with Crippen LogP contribution < -0.4 is 19.1 Å². The molecule has 2 aliphatic rings. The lowest BCUT2D eigenvalue weighted by molar-refractivity contribution is -0.132. The van der Waals surface area contributed by atoms with Gasteiger partial charge < -0.3 is 19.3 Å². The fourth-order valence-corrected chi connectivity index (χ4v) is 4.73. The van der Waals surface area contributed by atoms with E-state index in [1.54, 1.807) is 60.7 Å². The van der Waals surface area contributed by atoms with Crippen LogP contribution in [0.3, 0.4) is 0 Å². The van der Waals surface area contributed by atoms with Crippen molar-refractivity contribution >= 4 is 23.1 Å². The Labute approximate surface area is 213 Å². The van der Waals surface area contributed by atoms with Crippen molar-refractivity contribution < 1.29 is 28.9 Å². The van der Waals surface area contributed by atoms with Crippen molar-refractivity contribution in [1.82, 2.24) is 0 Å². The highest BCUT2D eigenvalue weighted by Gasteiger charge is 2.47. The fraction of sp³-hybridized carbons (Fsp3) is 0.207. The highest BCUT2D eigenvalue weighted by molar-refractivity contribution is 6.51. The number of amides is 1. The highest BCUT2D eigenvalue weighted by Crippen LogP contribution is 2.44. The Kier molecular flexibility index (Phi) is 6.28. The normalized spacial score (nSPS) is 17.8. The van der Waals surface area contributed by atoms with Gasteiger partial charge in [-0.1, -0.05) is 6.07 Å². The van der Waals surface area contributed by atoms with Crippen molar-refractivity contribution in [2.75, 3.05) is 25.2 Å². The van der Waals surface area contributed by atoms with E-state index in [9.17, 15) is 20.0 Å². The van der Waals surface area contributed by atoms with Crippen LogP contribution in [0.1, 0.15) is 35.2 Å². The largest absolute Gasteiger partial charge is 0.507 e. The molecule has 1 fully saturated rings. The summed E-state index contributed by atoms with van der Waals surface area (Å²) in [6, 6.07) is 17.8. The van der Waals surface area contributed by atoms with E-state index in [4.69, 9.17) is 14.2 Å². The minimum Gasteiger partial charge on any atom is -0.507 e. The molecule has 5 rings (SSSR count). The first-order valence-corrected chi connectivity index (χ1v) is 11.8. The summed E-state index contributed by atoms with van der Waals surface area (Å²) in [5.74, 6) is -0.181. The number of hydrogen-bond donors (Lipinski definition) is 1. The minimum atomic E-state index is -0.942. The third-order valence-corrected chi connectivity index (χ3v) is 6.49. The van der Waals surface area contributed by atoms with Crippen molar-refractivity contribution in [3.8, 4) is 23.3 Å². The van der Waals surface area contributed by atoms with Gasteiger partial charge in [-0.3, -0.25) is 14.5 Å². The van der Waals surface area contributed by atoms with Crippen molar-refractivity contribution in [2.45, 2.75) is 19.4 Å². The summed E-state index contributed by atoms with van der Waals surface area (Å²) in [6.07, 6.45) is 0.690. The smallest absolute Gasteiger partial charge is 0.300 e. The first-order chi connectivity index (χ1) is 18.0. The Morgan fingerprint density at radius 1 is 1.11 bits per heavy atom. The Bertz CT molecular complexity index is 1470. The van der Waals surface area contributed by atoms with Crippen LogP contribution in [-0.2, 0) is 16.0 Å². The number of aliphatic hydroxyl groups excluding tert-OH is 1. The molecule has 1 saturated heterocycles. The molecule has 0 radical (unpaired) electrons. The zero-order valence-corrected chi connectivity index (χ0v) is 20.4. The summed E-state index contributed by atoms with van der Waals surface area (Å²) in [6.45, 7) is 2.77. The number of nitrogens with zero attached hydrogens (tertiary/aromatic N) is 2. The molecule has 0 bridgehead atoms. The van der Waals surface area contributed by atoms with Gasteiger partial charge in [-0.15, -0.1) is 0 Å². The molecule has 8 nitrogen and oxygen atoms in total. The van der Waals surface area contributed by atoms with Crippen LogP contribution in [0.4, 0.5) is 5.69 Å². The Balaban J connectivity index is 1.71. The third kappa shape index (κ3) is 4.15. The van der Waals surface area contributed by atoms with Gasteiger partial charge in [0.25, 0.3) is 11.7 Å². The summed E-state index contributed by atoms with van der Waals surface area (Å²) in [5, 5.41) is 20.6. The van der Waals surface area contributed by atoms with Gasteiger partial charge in [-0.2, -0.15) is 5.26 Å². The molecule has 1 atom stereocenters. The number of Topliss-reactive ketones (excluding diaryl/α,β-unsaturated/α-hetero) is 1. The molecule has 3 aromatic rings. The Morgan fingerprint density at radius 2 is 1.89 bits per heavy atom. The van der Waals surface area contributed by atoms with E-state index in [0.717, 1.165) is 11.3 Å². The van der Waals surface area contributed by atoms with Gasteiger partial charge in [0.15, 0.2) is 11.5 Å². The van der Waals surface area contributed by atoms with Gasteiger partial charge in [-0.25, -0.2) is 0 Å². The van der Waals surface area contributed by atoms with Crippen LogP contribution >= 0.6 is 0 Å². The maximum absolute atomic E-state index is 13.4. The quantitative estimate of drug-likeness (QED) is 0.303. The van der Waals surface area contributed by atoms with Crippen LogP contribution in [0.15, 0.2) is 66.2 Å². The molecule has 8 heteroatoms. The topological polar surface area (TPSA) is 109 Å². The molecule has 37 heavy (non-hydrogen) atoms. The molecule has 1 amide bonds. The predicted octanol–water partition coefficient (Wildman–Crippen LogP) is 4.53. The van der Waals surface area contributed by atoms with Gasteiger partial charge in [-0.05, 0) is 72.6 Å². The van der Waals surface area contributed by atoms with Gasteiger partial charge in [0, 0.05) is 17.7 Å². The van der Waals surface area contributed by atoms with Crippen molar-refractivity contribution in [3.63, 3.8) is 0 Å². The van der Waals surface area contributed by atoms with E-state index < -0.39 is 17.7 Å². The van der Waals surface area contributed by atoms with E-state index in [1.165, 1.54) is 12.0 Å². The molecule has 0 saturated carbocycles. The number of ether oxygens (including phenoxy) is 3. The number of methoxy groups -OCH3 is 1. The number of rotatable bonds is 6. The second-order valence-electron chi connectivity index (χ2n) is 8.59. The van der Waals surface area contributed by atoms with Crippen LogP contribution in [0.25, 0.3) is 5.76 Å². The number of carbonyl (C=O) groups is 2. The number of hydrogen-bond acceptors (Lipinski definition) is 7. The SMILES string of the molecule is CCOc1cc(C2/C(=C(\O)c3ccc4c(c3)CCO4)C(=O)C(=O)N2c2ccc(C#N)cc2)ccc1OC. The maximum Gasteiger partial charge on any atom is 0.300 e. The lowest BCUT2D eigenvalue weighted by Gasteiger charge is -2.26. The lowest BCUT2D eigenvalue weighted by Crippen LogP contribution is -2.29. The Morgan fingerprint density at radius 3 is 2.59 bits per heavy atom. The van der Waals surface area contributed by atoms with Gasteiger partial charge in [0.2, 0.25) is 0 Å². The Hall–Kier alpha value is -4.77. The number of aliphatic hydroxyl groups is 1. The first kappa shape index (κ1) is 23.9. The lowest BCUT2D eigenvalue weighted by atomic mass is 9.94. The summed E-state index contributed by atoms with van der Waals surface area (Å²) >= 11 is 0. The molecular weight excluding hydrogens is 472 g/mol. The number of carbonyl (C=O) groups excluding carboxylic acids is 2. The van der Waals surface area contributed by atoms with Crippen LogP contribution in [0, 0.1) is 11.3 Å². The van der Waals surface area contributed by atoms with E-state index >= 15 is 0 Å². The third-order valence-electron chi connectivity index (χ3n) is 6.49. The number of anilines is 1. The van der Waals surface area contributed by atoms with Gasteiger partial charge in [0.1, 0.15) is 11.5 Å².